The summed E-state index contributed by atoms with van der Waals surface area (Å²) in [6.07, 6.45) is 4.66. The summed E-state index contributed by atoms with van der Waals surface area (Å²) in [5.74, 6) is -2.60. The highest BCUT2D eigenvalue weighted by Crippen LogP contribution is 2.27. The standard InChI is InChI=1S/C31H32N4O5S/c1-2-29(27-13-12-25-10-6-7-11-26(25)19-27)41(38,39)33-30(36)28(31(37)34-14-16-40-17-15-34)18-24-20-32-35(22-24)21-23-8-4-3-5-9-23/h2-13,19-20,22,28-29H,1,14-18,21H2,(H,33,36). The zero-order valence-electron chi connectivity index (χ0n) is 22.6. The van der Waals surface area contributed by atoms with Gasteiger partial charge in [0.15, 0.2) is 0 Å². The summed E-state index contributed by atoms with van der Waals surface area (Å²) >= 11 is 0. The number of fused-ring (bicyclic) bond motifs is 1. The number of rotatable bonds is 10. The predicted octanol–water partition coefficient (Wildman–Crippen LogP) is 3.48. The Labute approximate surface area is 239 Å². The van der Waals surface area contributed by atoms with Crippen molar-refractivity contribution >= 4 is 32.6 Å². The first-order chi connectivity index (χ1) is 19.8. The van der Waals surface area contributed by atoms with E-state index in [9.17, 15) is 18.0 Å². The summed E-state index contributed by atoms with van der Waals surface area (Å²) in [4.78, 5) is 28.7. The number of nitrogens with zero attached hydrogens (tertiary/aromatic N) is 3. The van der Waals surface area contributed by atoms with Gasteiger partial charge in [-0.2, -0.15) is 5.10 Å². The molecule has 2 amide bonds. The molecule has 1 saturated heterocycles. The van der Waals surface area contributed by atoms with Crippen molar-refractivity contribution in [3.63, 3.8) is 0 Å². The van der Waals surface area contributed by atoms with Crippen LogP contribution in [0, 0.1) is 5.92 Å². The van der Waals surface area contributed by atoms with Crippen molar-refractivity contribution in [3.8, 4) is 0 Å². The van der Waals surface area contributed by atoms with Crippen LogP contribution in [0.4, 0.5) is 0 Å². The summed E-state index contributed by atoms with van der Waals surface area (Å²) in [6.45, 7) is 5.61. The zero-order chi connectivity index (χ0) is 28.8. The Balaban J connectivity index is 1.37. The van der Waals surface area contributed by atoms with Crippen LogP contribution in [-0.4, -0.2) is 61.2 Å². The average molecular weight is 573 g/mol. The maximum atomic E-state index is 13.6. The van der Waals surface area contributed by atoms with Crippen LogP contribution in [0.3, 0.4) is 0 Å². The van der Waals surface area contributed by atoms with Gasteiger partial charge in [-0.3, -0.25) is 19.0 Å². The van der Waals surface area contributed by atoms with Crippen LogP contribution in [0.2, 0.25) is 0 Å². The number of aromatic nitrogens is 2. The molecular weight excluding hydrogens is 540 g/mol. The number of carbonyl (C=O) groups is 2. The molecule has 0 saturated carbocycles. The van der Waals surface area contributed by atoms with E-state index in [1.165, 1.54) is 6.08 Å². The molecule has 0 spiro atoms. The number of ether oxygens (including phenoxy) is 1. The molecule has 1 aromatic heterocycles. The van der Waals surface area contributed by atoms with Gasteiger partial charge in [0, 0.05) is 19.3 Å². The second-order valence-electron chi connectivity index (χ2n) is 10.0. The van der Waals surface area contributed by atoms with Crippen LogP contribution in [-0.2, 0) is 37.3 Å². The van der Waals surface area contributed by atoms with Crippen molar-refractivity contribution in [2.75, 3.05) is 26.3 Å². The van der Waals surface area contributed by atoms with Crippen LogP contribution in [0.25, 0.3) is 10.8 Å². The third-order valence-electron chi connectivity index (χ3n) is 7.14. The first kappa shape index (κ1) is 28.3. The van der Waals surface area contributed by atoms with E-state index in [-0.39, 0.29) is 6.42 Å². The van der Waals surface area contributed by atoms with E-state index >= 15 is 0 Å². The highest BCUT2D eigenvalue weighted by molar-refractivity contribution is 7.90. The fourth-order valence-corrected chi connectivity index (χ4v) is 6.31. The topological polar surface area (TPSA) is 111 Å². The monoisotopic (exact) mass is 572 g/mol. The van der Waals surface area contributed by atoms with Gasteiger partial charge in [0.05, 0.1) is 26.0 Å². The van der Waals surface area contributed by atoms with E-state index in [0.717, 1.165) is 16.3 Å². The molecule has 4 aromatic rings. The van der Waals surface area contributed by atoms with Crippen LogP contribution < -0.4 is 4.72 Å². The molecule has 5 rings (SSSR count). The van der Waals surface area contributed by atoms with Crippen molar-refractivity contribution in [1.29, 1.82) is 0 Å². The lowest BCUT2D eigenvalue weighted by Crippen LogP contribution is -2.49. The average Bonchev–Trinajstić information content (AvgIpc) is 3.43. The number of carbonyl (C=O) groups excluding carboxylic acids is 2. The molecule has 9 nitrogen and oxygen atoms in total. The Hall–Kier alpha value is -4.28. The molecule has 0 radical (unpaired) electrons. The molecule has 1 N–H and O–H groups in total. The third-order valence-corrected chi connectivity index (χ3v) is 8.76. The van der Waals surface area contributed by atoms with Gasteiger partial charge in [-0.25, -0.2) is 8.42 Å². The Bertz CT molecular complexity index is 1650. The quantitative estimate of drug-likeness (QED) is 0.230. The van der Waals surface area contributed by atoms with Gasteiger partial charge >= 0.3 is 0 Å². The van der Waals surface area contributed by atoms with Crippen LogP contribution in [0.15, 0.2) is 97.8 Å². The SMILES string of the molecule is C=CC(c1ccc2ccccc2c1)S(=O)(=O)NC(=O)C(Cc1cnn(Cc2ccccc2)c1)C(=O)N1CCOCC1. The molecule has 1 aliphatic heterocycles. The van der Waals surface area contributed by atoms with E-state index in [4.69, 9.17) is 4.74 Å². The van der Waals surface area contributed by atoms with Gasteiger partial charge in [-0.05, 0) is 39.9 Å². The van der Waals surface area contributed by atoms with Crippen molar-refractivity contribution in [2.24, 2.45) is 5.92 Å². The van der Waals surface area contributed by atoms with Crippen molar-refractivity contribution in [3.05, 3.63) is 115 Å². The van der Waals surface area contributed by atoms with Crippen LogP contribution in [0.1, 0.15) is 21.9 Å². The van der Waals surface area contributed by atoms with Gasteiger partial charge < -0.3 is 9.64 Å². The Kier molecular flexibility index (Phi) is 8.61. The number of hydrogen-bond donors (Lipinski definition) is 1. The molecule has 2 heterocycles. The Morgan fingerprint density at radius 2 is 1.68 bits per heavy atom. The number of benzene rings is 3. The first-order valence-corrected chi connectivity index (χ1v) is 15.0. The Morgan fingerprint density at radius 1 is 0.976 bits per heavy atom. The lowest BCUT2D eigenvalue weighted by Gasteiger charge is -2.30. The molecule has 2 unspecified atom stereocenters. The lowest BCUT2D eigenvalue weighted by atomic mass is 9.99. The minimum Gasteiger partial charge on any atom is -0.378 e. The minimum atomic E-state index is -4.26. The molecule has 1 aliphatic rings. The largest absolute Gasteiger partial charge is 0.378 e. The molecule has 3 aromatic carbocycles. The molecule has 41 heavy (non-hydrogen) atoms. The third kappa shape index (κ3) is 6.72. The van der Waals surface area contributed by atoms with Crippen LogP contribution >= 0.6 is 0 Å². The lowest BCUT2D eigenvalue weighted by molar-refractivity contribution is -0.144. The second-order valence-corrected chi connectivity index (χ2v) is 11.8. The number of nitrogens with one attached hydrogen (secondary N) is 1. The zero-order valence-corrected chi connectivity index (χ0v) is 23.4. The summed E-state index contributed by atoms with van der Waals surface area (Å²) in [5.41, 5.74) is 2.17. The molecule has 10 heteroatoms. The maximum absolute atomic E-state index is 13.6. The summed E-state index contributed by atoms with van der Waals surface area (Å²) in [5, 5.41) is 5.02. The van der Waals surface area contributed by atoms with Crippen molar-refractivity contribution in [1.82, 2.24) is 19.4 Å². The number of morpholine rings is 1. The molecule has 212 valence electrons. The van der Waals surface area contributed by atoms with Crippen molar-refractivity contribution < 1.29 is 22.7 Å². The summed E-state index contributed by atoms with van der Waals surface area (Å²) < 4.78 is 36.3. The molecule has 0 bridgehead atoms. The molecular formula is C31H32N4O5S. The van der Waals surface area contributed by atoms with Gasteiger partial charge in [-0.1, -0.05) is 72.8 Å². The van der Waals surface area contributed by atoms with E-state index in [2.05, 4.69) is 16.4 Å². The Morgan fingerprint density at radius 3 is 2.41 bits per heavy atom. The van der Waals surface area contributed by atoms with Crippen LogP contribution in [0.5, 0.6) is 0 Å². The molecule has 1 fully saturated rings. The minimum absolute atomic E-state index is 0.00106. The fourth-order valence-electron chi connectivity index (χ4n) is 5.00. The summed E-state index contributed by atoms with van der Waals surface area (Å²) in [7, 11) is -4.26. The smallest absolute Gasteiger partial charge is 0.246 e. The van der Waals surface area contributed by atoms with E-state index in [0.29, 0.717) is 44.0 Å². The van der Waals surface area contributed by atoms with Gasteiger partial charge in [0.2, 0.25) is 21.8 Å². The normalized spacial score (nSPS) is 15.3. The highest BCUT2D eigenvalue weighted by atomic mass is 32.2. The van der Waals surface area contributed by atoms with Gasteiger partial charge in [-0.15, -0.1) is 6.58 Å². The number of hydrogen-bond acceptors (Lipinski definition) is 6. The fraction of sp³-hybridized carbons (Fsp3) is 0.258. The number of amides is 2. The maximum Gasteiger partial charge on any atom is 0.246 e. The molecule has 2 atom stereocenters. The van der Waals surface area contributed by atoms with E-state index in [1.54, 1.807) is 34.1 Å². The predicted molar refractivity (Wildman–Crippen MR) is 156 cm³/mol. The second kappa shape index (κ2) is 12.5. The van der Waals surface area contributed by atoms with Gasteiger partial charge in [0.1, 0.15) is 11.2 Å². The van der Waals surface area contributed by atoms with Crippen molar-refractivity contribution in [2.45, 2.75) is 18.2 Å². The number of sulfonamides is 1. The molecule has 0 aliphatic carbocycles. The first-order valence-electron chi connectivity index (χ1n) is 13.4. The summed E-state index contributed by atoms with van der Waals surface area (Å²) in [6, 6.07) is 22.7. The highest BCUT2D eigenvalue weighted by Gasteiger charge is 2.36. The van der Waals surface area contributed by atoms with E-state index in [1.807, 2.05) is 60.7 Å². The van der Waals surface area contributed by atoms with E-state index < -0.39 is 33.0 Å². The van der Waals surface area contributed by atoms with Gasteiger partial charge in [0.25, 0.3) is 0 Å².